The number of nitrogens with zero attached hydrogens (tertiary/aromatic N) is 1. The Morgan fingerprint density at radius 3 is 2.80 bits per heavy atom. The van der Waals surface area contributed by atoms with E-state index in [9.17, 15) is 9.59 Å². The molecule has 1 aromatic rings. The average molecular weight is 349 g/mol. The van der Waals surface area contributed by atoms with Crippen molar-refractivity contribution in [3.63, 3.8) is 0 Å². The van der Waals surface area contributed by atoms with Gasteiger partial charge in [0, 0.05) is 30.1 Å². The summed E-state index contributed by atoms with van der Waals surface area (Å²) >= 11 is 0. The molecule has 3 rings (SSSR count). The van der Waals surface area contributed by atoms with E-state index < -0.39 is 5.97 Å². The van der Waals surface area contributed by atoms with E-state index in [0.717, 1.165) is 37.4 Å². The Morgan fingerprint density at radius 1 is 1.28 bits per heavy atom. The monoisotopic (exact) mass is 349 g/mol. The van der Waals surface area contributed by atoms with Crippen molar-refractivity contribution >= 4 is 11.8 Å². The summed E-state index contributed by atoms with van der Waals surface area (Å²) in [6.45, 7) is 5.76. The molecule has 2 aliphatic heterocycles. The van der Waals surface area contributed by atoms with Crippen molar-refractivity contribution in [1.29, 1.82) is 0 Å². The van der Waals surface area contributed by atoms with Crippen LogP contribution in [0.5, 0.6) is 0 Å². The number of ether oxygens (including phenoxy) is 4. The standard InChI is InChI=1S/C18H23NO6/c1-12-8-15(13(2)19(12)9-14-4-3-5-23-14)16(20)10-25-18(21)17-11-22-6-7-24-17/h8,11,14H,3-7,9-10H2,1-2H3/t14-/m0/s1. The molecule has 0 N–H and O–H groups in total. The Hall–Kier alpha value is -2.28. The topological polar surface area (TPSA) is 76.0 Å². The molecule has 0 spiro atoms. The van der Waals surface area contributed by atoms with Crippen molar-refractivity contribution < 1.29 is 28.5 Å². The van der Waals surface area contributed by atoms with Gasteiger partial charge in [0.1, 0.15) is 19.5 Å². The predicted molar refractivity (Wildman–Crippen MR) is 88.2 cm³/mol. The van der Waals surface area contributed by atoms with Gasteiger partial charge in [0.2, 0.25) is 11.5 Å². The molecule has 1 fully saturated rings. The second-order valence-corrected chi connectivity index (χ2v) is 6.23. The van der Waals surface area contributed by atoms with E-state index in [0.29, 0.717) is 18.8 Å². The molecule has 0 bridgehead atoms. The summed E-state index contributed by atoms with van der Waals surface area (Å²) < 4.78 is 22.9. The van der Waals surface area contributed by atoms with Gasteiger partial charge in [-0.3, -0.25) is 4.79 Å². The van der Waals surface area contributed by atoms with Crippen LogP contribution in [0.3, 0.4) is 0 Å². The van der Waals surface area contributed by atoms with Crippen LogP contribution in [0.25, 0.3) is 0 Å². The summed E-state index contributed by atoms with van der Waals surface area (Å²) in [5.41, 5.74) is 2.43. The van der Waals surface area contributed by atoms with E-state index in [-0.39, 0.29) is 24.3 Å². The van der Waals surface area contributed by atoms with Crippen molar-refractivity contribution in [2.24, 2.45) is 0 Å². The minimum absolute atomic E-state index is 0.0112. The highest BCUT2D eigenvalue weighted by Crippen LogP contribution is 2.21. The molecular weight excluding hydrogens is 326 g/mol. The van der Waals surface area contributed by atoms with Crippen LogP contribution in [0.2, 0.25) is 0 Å². The quantitative estimate of drug-likeness (QED) is 0.577. The van der Waals surface area contributed by atoms with Crippen molar-refractivity contribution in [2.75, 3.05) is 26.4 Å². The van der Waals surface area contributed by atoms with Gasteiger partial charge in [0.25, 0.3) is 0 Å². The van der Waals surface area contributed by atoms with Crippen LogP contribution in [0.1, 0.15) is 34.6 Å². The second kappa shape index (κ2) is 7.74. The number of hydrogen-bond acceptors (Lipinski definition) is 6. The maximum absolute atomic E-state index is 12.4. The number of carbonyl (C=O) groups excluding carboxylic acids is 2. The Bertz CT molecular complexity index is 684. The lowest BCUT2D eigenvalue weighted by Crippen LogP contribution is -2.21. The summed E-state index contributed by atoms with van der Waals surface area (Å²) in [6, 6.07) is 1.83. The van der Waals surface area contributed by atoms with E-state index >= 15 is 0 Å². The number of Topliss-reactive ketones (excluding diaryl/α,β-unsaturated/α-hetero) is 1. The molecule has 7 heteroatoms. The lowest BCUT2D eigenvalue weighted by molar-refractivity contribution is -0.143. The SMILES string of the molecule is Cc1cc(C(=O)COC(=O)C2=COCCO2)c(C)n1C[C@@H]1CCCO1. The van der Waals surface area contributed by atoms with Crippen LogP contribution in [-0.2, 0) is 30.3 Å². The van der Waals surface area contributed by atoms with Gasteiger partial charge in [-0.1, -0.05) is 0 Å². The van der Waals surface area contributed by atoms with Crippen LogP contribution in [-0.4, -0.2) is 48.9 Å². The maximum Gasteiger partial charge on any atom is 0.377 e. The normalized spacial score (nSPS) is 19.8. The largest absolute Gasteiger partial charge is 0.493 e. The van der Waals surface area contributed by atoms with E-state index in [1.807, 2.05) is 19.9 Å². The summed E-state index contributed by atoms with van der Waals surface area (Å²) in [6.07, 6.45) is 3.52. The molecule has 1 aromatic heterocycles. The lowest BCUT2D eigenvalue weighted by atomic mass is 10.1. The Labute approximate surface area is 146 Å². The van der Waals surface area contributed by atoms with Crippen LogP contribution in [0.15, 0.2) is 18.1 Å². The molecule has 25 heavy (non-hydrogen) atoms. The molecular formula is C18H23NO6. The van der Waals surface area contributed by atoms with Crippen molar-refractivity contribution in [3.8, 4) is 0 Å². The van der Waals surface area contributed by atoms with Crippen molar-refractivity contribution in [1.82, 2.24) is 4.57 Å². The molecule has 1 saturated heterocycles. The zero-order valence-electron chi connectivity index (χ0n) is 14.6. The highest BCUT2D eigenvalue weighted by Gasteiger charge is 2.23. The number of ketones is 1. The molecule has 0 aromatic carbocycles. The molecule has 0 amide bonds. The summed E-state index contributed by atoms with van der Waals surface area (Å²) in [4.78, 5) is 24.3. The van der Waals surface area contributed by atoms with Gasteiger partial charge in [0.05, 0.1) is 6.10 Å². The van der Waals surface area contributed by atoms with Gasteiger partial charge < -0.3 is 23.5 Å². The average Bonchev–Trinajstić information content (AvgIpc) is 3.24. The molecule has 1 atom stereocenters. The summed E-state index contributed by atoms with van der Waals surface area (Å²) in [5, 5.41) is 0. The predicted octanol–water partition coefficient (Wildman–Crippen LogP) is 1.90. The number of rotatable bonds is 6. The molecule has 2 aliphatic rings. The first kappa shape index (κ1) is 17.5. The lowest BCUT2D eigenvalue weighted by Gasteiger charge is -2.15. The Kier molecular flexibility index (Phi) is 5.43. The molecule has 0 aliphatic carbocycles. The van der Waals surface area contributed by atoms with Gasteiger partial charge in [-0.25, -0.2) is 4.79 Å². The smallest absolute Gasteiger partial charge is 0.377 e. The first-order valence-electron chi connectivity index (χ1n) is 8.49. The van der Waals surface area contributed by atoms with Gasteiger partial charge >= 0.3 is 5.97 Å². The molecule has 0 saturated carbocycles. The van der Waals surface area contributed by atoms with E-state index in [1.165, 1.54) is 6.26 Å². The van der Waals surface area contributed by atoms with Crippen molar-refractivity contribution in [3.05, 3.63) is 35.0 Å². The third-order valence-electron chi connectivity index (χ3n) is 4.47. The van der Waals surface area contributed by atoms with Gasteiger partial charge in [-0.05, 0) is 32.8 Å². The minimum atomic E-state index is -0.693. The molecule has 3 heterocycles. The fourth-order valence-electron chi connectivity index (χ4n) is 3.11. The molecule has 0 unspecified atom stereocenters. The Balaban J connectivity index is 1.61. The first-order valence-corrected chi connectivity index (χ1v) is 8.49. The summed E-state index contributed by atoms with van der Waals surface area (Å²) in [5.74, 6) is -0.943. The van der Waals surface area contributed by atoms with Crippen LogP contribution < -0.4 is 0 Å². The van der Waals surface area contributed by atoms with Gasteiger partial charge in [-0.15, -0.1) is 0 Å². The van der Waals surface area contributed by atoms with Crippen molar-refractivity contribution in [2.45, 2.75) is 39.3 Å². The maximum atomic E-state index is 12.4. The fraction of sp³-hybridized carbons (Fsp3) is 0.556. The zero-order chi connectivity index (χ0) is 17.8. The van der Waals surface area contributed by atoms with Gasteiger partial charge in [-0.2, -0.15) is 0 Å². The first-order chi connectivity index (χ1) is 12.1. The van der Waals surface area contributed by atoms with Crippen LogP contribution in [0, 0.1) is 13.8 Å². The number of aryl methyl sites for hydroxylation is 1. The molecule has 0 radical (unpaired) electrons. The number of carbonyl (C=O) groups is 2. The zero-order valence-corrected chi connectivity index (χ0v) is 14.6. The third-order valence-corrected chi connectivity index (χ3v) is 4.47. The van der Waals surface area contributed by atoms with E-state index in [4.69, 9.17) is 18.9 Å². The van der Waals surface area contributed by atoms with E-state index in [1.54, 1.807) is 0 Å². The fourth-order valence-corrected chi connectivity index (χ4v) is 3.11. The van der Waals surface area contributed by atoms with Crippen LogP contribution in [0.4, 0.5) is 0 Å². The third kappa shape index (κ3) is 4.04. The number of hydrogen-bond donors (Lipinski definition) is 0. The summed E-state index contributed by atoms with van der Waals surface area (Å²) in [7, 11) is 0. The number of aromatic nitrogens is 1. The highest BCUT2D eigenvalue weighted by molar-refractivity contribution is 6.00. The van der Waals surface area contributed by atoms with E-state index in [2.05, 4.69) is 4.57 Å². The molecule has 7 nitrogen and oxygen atoms in total. The molecule has 136 valence electrons. The highest BCUT2D eigenvalue weighted by atomic mass is 16.6. The van der Waals surface area contributed by atoms with Crippen LogP contribution >= 0.6 is 0 Å². The second-order valence-electron chi connectivity index (χ2n) is 6.23. The van der Waals surface area contributed by atoms with Gasteiger partial charge in [0.15, 0.2) is 6.61 Å². The number of esters is 1. The minimum Gasteiger partial charge on any atom is -0.493 e. The Morgan fingerprint density at radius 2 is 2.12 bits per heavy atom.